The van der Waals surface area contributed by atoms with Gasteiger partial charge in [-0.1, -0.05) is 19.3 Å². The van der Waals surface area contributed by atoms with Gasteiger partial charge in [-0.15, -0.1) is 0 Å². The molecule has 1 N–H and O–H groups in total. The van der Waals surface area contributed by atoms with Crippen molar-refractivity contribution >= 4 is 0 Å². The fourth-order valence-electron chi connectivity index (χ4n) is 2.99. The van der Waals surface area contributed by atoms with Crippen molar-refractivity contribution in [3.63, 3.8) is 0 Å². The Labute approximate surface area is 111 Å². The lowest BCUT2D eigenvalue weighted by atomic mass is 9.83. The first kappa shape index (κ1) is 13.7. The van der Waals surface area contributed by atoms with Crippen LogP contribution in [0.2, 0.25) is 0 Å². The van der Waals surface area contributed by atoms with E-state index < -0.39 is 0 Å². The van der Waals surface area contributed by atoms with Crippen LogP contribution in [0.3, 0.4) is 0 Å². The molecule has 1 saturated carbocycles. The maximum absolute atomic E-state index is 5.28. The molecule has 1 heterocycles. The summed E-state index contributed by atoms with van der Waals surface area (Å²) in [5, 5.41) is 3.68. The maximum Gasteiger partial charge on any atom is 0.0937 e. The molecule has 0 amide bonds. The standard InChI is InChI=1S/C16H27NO/c1-16(2,3)17-11-13-7-5-4-6-8-15(13)14-9-10-18-12-14/h9-10,12-13,15,17H,4-8,11H2,1-3H3. The fourth-order valence-corrected chi connectivity index (χ4v) is 2.99. The molecule has 18 heavy (non-hydrogen) atoms. The molecule has 2 unspecified atom stereocenters. The van der Waals surface area contributed by atoms with Gasteiger partial charge in [0.2, 0.25) is 0 Å². The van der Waals surface area contributed by atoms with E-state index in [1.165, 1.54) is 37.7 Å². The minimum Gasteiger partial charge on any atom is -0.472 e. The summed E-state index contributed by atoms with van der Waals surface area (Å²) < 4.78 is 5.28. The predicted octanol–water partition coefficient (Wildman–Crippen LogP) is 4.33. The average Bonchev–Trinajstić information content (AvgIpc) is 2.71. The lowest BCUT2D eigenvalue weighted by Gasteiger charge is -2.29. The van der Waals surface area contributed by atoms with Crippen LogP contribution in [0.1, 0.15) is 64.4 Å². The van der Waals surface area contributed by atoms with Crippen molar-refractivity contribution in [1.29, 1.82) is 0 Å². The smallest absolute Gasteiger partial charge is 0.0937 e. The molecule has 0 spiro atoms. The Hall–Kier alpha value is -0.760. The van der Waals surface area contributed by atoms with E-state index in [1.54, 1.807) is 0 Å². The molecule has 0 bridgehead atoms. The zero-order valence-corrected chi connectivity index (χ0v) is 12.0. The van der Waals surface area contributed by atoms with E-state index in [4.69, 9.17) is 4.42 Å². The highest BCUT2D eigenvalue weighted by atomic mass is 16.3. The zero-order valence-electron chi connectivity index (χ0n) is 12.0. The summed E-state index contributed by atoms with van der Waals surface area (Å²) in [5.41, 5.74) is 1.62. The first-order valence-electron chi connectivity index (χ1n) is 7.33. The molecular weight excluding hydrogens is 222 g/mol. The van der Waals surface area contributed by atoms with Crippen LogP contribution in [-0.4, -0.2) is 12.1 Å². The second-order valence-electron chi connectivity index (χ2n) is 6.69. The van der Waals surface area contributed by atoms with Gasteiger partial charge in [-0.3, -0.25) is 0 Å². The van der Waals surface area contributed by atoms with E-state index in [0.29, 0.717) is 5.92 Å². The molecule has 1 aromatic heterocycles. The van der Waals surface area contributed by atoms with Crippen LogP contribution in [0, 0.1) is 5.92 Å². The second kappa shape index (κ2) is 5.92. The van der Waals surface area contributed by atoms with E-state index in [-0.39, 0.29) is 5.54 Å². The highest BCUT2D eigenvalue weighted by molar-refractivity contribution is 5.14. The van der Waals surface area contributed by atoms with Gasteiger partial charge in [0.1, 0.15) is 0 Å². The predicted molar refractivity (Wildman–Crippen MR) is 75.8 cm³/mol. The summed E-state index contributed by atoms with van der Waals surface area (Å²) in [6.07, 6.45) is 10.6. The molecule has 2 heteroatoms. The number of hydrogen-bond donors (Lipinski definition) is 1. The molecule has 1 aliphatic carbocycles. The van der Waals surface area contributed by atoms with E-state index >= 15 is 0 Å². The lowest BCUT2D eigenvalue weighted by molar-refractivity contribution is 0.321. The Kier molecular flexibility index (Phi) is 4.50. The minimum absolute atomic E-state index is 0.216. The number of hydrogen-bond acceptors (Lipinski definition) is 2. The highest BCUT2D eigenvalue weighted by Crippen LogP contribution is 2.36. The Bertz CT molecular complexity index is 336. The molecule has 2 rings (SSSR count). The SMILES string of the molecule is CC(C)(C)NCC1CCCCCC1c1ccoc1. The van der Waals surface area contributed by atoms with Gasteiger partial charge in [-0.2, -0.15) is 0 Å². The van der Waals surface area contributed by atoms with Crippen molar-refractivity contribution in [2.75, 3.05) is 6.54 Å². The van der Waals surface area contributed by atoms with Crippen LogP contribution < -0.4 is 5.32 Å². The van der Waals surface area contributed by atoms with Crippen LogP contribution in [-0.2, 0) is 0 Å². The third-order valence-electron chi connectivity index (χ3n) is 4.02. The molecule has 2 nitrogen and oxygen atoms in total. The molecule has 1 aliphatic rings. The van der Waals surface area contributed by atoms with Crippen LogP contribution in [0.4, 0.5) is 0 Å². The van der Waals surface area contributed by atoms with Crippen molar-refractivity contribution in [2.24, 2.45) is 5.92 Å². The third-order valence-corrected chi connectivity index (χ3v) is 4.02. The Balaban J connectivity index is 2.03. The Morgan fingerprint density at radius 3 is 2.67 bits per heavy atom. The quantitative estimate of drug-likeness (QED) is 0.806. The van der Waals surface area contributed by atoms with Crippen molar-refractivity contribution in [2.45, 2.75) is 64.3 Å². The van der Waals surface area contributed by atoms with Gasteiger partial charge >= 0.3 is 0 Å². The molecule has 2 atom stereocenters. The van der Waals surface area contributed by atoms with Crippen molar-refractivity contribution in [1.82, 2.24) is 5.32 Å². The average molecular weight is 249 g/mol. The number of furan rings is 1. The van der Waals surface area contributed by atoms with Crippen molar-refractivity contribution < 1.29 is 4.42 Å². The van der Waals surface area contributed by atoms with Crippen LogP contribution in [0.25, 0.3) is 0 Å². The summed E-state index contributed by atoms with van der Waals surface area (Å²) in [6.45, 7) is 7.86. The first-order valence-corrected chi connectivity index (χ1v) is 7.33. The summed E-state index contributed by atoms with van der Waals surface area (Å²) in [6, 6.07) is 2.15. The van der Waals surface area contributed by atoms with Gasteiger partial charge in [-0.05, 0) is 63.6 Å². The topological polar surface area (TPSA) is 25.2 Å². The maximum atomic E-state index is 5.28. The van der Waals surface area contributed by atoms with Crippen molar-refractivity contribution in [3.05, 3.63) is 24.2 Å². The van der Waals surface area contributed by atoms with Crippen molar-refractivity contribution in [3.8, 4) is 0 Å². The molecule has 0 aromatic carbocycles. The van der Waals surface area contributed by atoms with E-state index in [0.717, 1.165) is 12.5 Å². The van der Waals surface area contributed by atoms with Gasteiger partial charge in [0.15, 0.2) is 0 Å². The third kappa shape index (κ3) is 3.88. The van der Waals surface area contributed by atoms with Gasteiger partial charge in [0.05, 0.1) is 12.5 Å². The van der Waals surface area contributed by atoms with E-state index in [9.17, 15) is 0 Å². The second-order valence-corrected chi connectivity index (χ2v) is 6.69. The van der Waals surface area contributed by atoms with E-state index in [2.05, 4.69) is 32.2 Å². The fraction of sp³-hybridized carbons (Fsp3) is 0.750. The largest absolute Gasteiger partial charge is 0.472 e. The highest BCUT2D eigenvalue weighted by Gasteiger charge is 2.26. The number of rotatable bonds is 3. The van der Waals surface area contributed by atoms with Crippen LogP contribution in [0.15, 0.2) is 23.0 Å². The zero-order chi connectivity index (χ0) is 13.0. The van der Waals surface area contributed by atoms with Crippen LogP contribution >= 0.6 is 0 Å². The van der Waals surface area contributed by atoms with E-state index in [1.807, 2.05) is 12.5 Å². The summed E-state index contributed by atoms with van der Waals surface area (Å²) >= 11 is 0. The summed E-state index contributed by atoms with van der Waals surface area (Å²) in [7, 11) is 0. The van der Waals surface area contributed by atoms with Crippen LogP contribution in [0.5, 0.6) is 0 Å². The monoisotopic (exact) mass is 249 g/mol. The molecule has 1 aromatic rings. The lowest BCUT2D eigenvalue weighted by Crippen LogP contribution is -2.40. The molecule has 0 aliphatic heterocycles. The molecule has 0 saturated heterocycles. The molecule has 0 radical (unpaired) electrons. The number of nitrogens with one attached hydrogen (secondary N) is 1. The molecule has 102 valence electrons. The van der Waals surface area contributed by atoms with Gasteiger partial charge in [0.25, 0.3) is 0 Å². The Morgan fingerprint density at radius 1 is 1.22 bits per heavy atom. The minimum atomic E-state index is 0.216. The van der Waals surface area contributed by atoms with Gasteiger partial charge in [-0.25, -0.2) is 0 Å². The summed E-state index contributed by atoms with van der Waals surface area (Å²) in [5.74, 6) is 1.44. The molecule has 1 fully saturated rings. The summed E-state index contributed by atoms with van der Waals surface area (Å²) in [4.78, 5) is 0. The van der Waals surface area contributed by atoms with Gasteiger partial charge < -0.3 is 9.73 Å². The van der Waals surface area contributed by atoms with Gasteiger partial charge in [0, 0.05) is 5.54 Å². The normalized spacial score (nSPS) is 25.9. The molecular formula is C16H27NO. The Morgan fingerprint density at radius 2 is 2.00 bits per heavy atom. The first-order chi connectivity index (χ1) is 8.56.